The third kappa shape index (κ3) is 5.29. The summed E-state index contributed by atoms with van der Waals surface area (Å²) in [5.74, 6) is 0. The van der Waals surface area contributed by atoms with E-state index in [1.807, 2.05) is 13.2 Å². The minimum atomic E-state index is 0.511. The van der Waals surface area contributed by atoms with Crippen LogP contribution in [0.3, 0.4) is 0 Å². The van der Waals surface area contributed by atoms with E-state index >= 15 is 0 Å². The Bertz CT molecular complexity index is 306. The summed E-state index contributed by atoms with van der Waals surface area (Å²) in [5.41, 5.74) is 2.49. The van der Waals surface area contributed by atoms with E-state index in [1.54, 1.807) is 0 Å². The van der Waals surface area contributed by atoms with Crippen molar-refractivity contribution in [3.05, 3.63) is 29.6 Å². The van der Waals surface area contributed by atoms with Crippen LogP contribution in [0.2, 0.25) is 0 Å². The smallest absolute Gasteiger partial charge is 0.0419 e. The van der Waals surface area contributed by atoms with Crippen molar-refractivity contribution in [1.82, 2.24) is 15.2 Å². The molecule has 0 aliphatic carbocycles. The van der Waals surface area contributed by atoms with Gasteiger partial charge in [0.1, 0.15) is 0 Å². The highest BCUT2D eigenvalue weighted by atomic mass is 15.1. The topological polar surface area (TPSA) is 28.2 Å². The second-order valence-electron chi connectivity index (χ2n) is 4.79. The fourth-order valence-electron chi connectivity index (χ4n) is 1.80. The molecule has 0 aliphatic heterocycles. The minimum absolute atomic E-state index is 0.511. The SMILES string of the molecule is CCc1ccc(CC(CCN(C)C)NC)nc1. The Labute approximate surface area is 105 Å². The molecular weight excluding hydrogens is 210 g/mol. The van der Waals surface area contributed by atoms with E-state index in [1.165, 1.54) is 11.3 Å². The quantitative estimate of drug-likeness (QED) is 0.780. The first-order valence-electron chi connectivity index (χ1n) is 6.41. The number of hydrogen-bond donors (Lipinski definition) is 1. The van der Waals surface area contributed by atoms with Crippen molar-refractivity contribution in [3.63, 3.8) is 0 Å². The lowest BCUT2D eigenvalue weighted by Gasteiger charge is -2.18. The molecule has 96 valence electrons. The molecule has 0 spiro atoms. The molecule has 1 heterocycles. The molecule has 0 aliphatic rings. The van der Waals surface area contributed by atoms with E-state index in [2.05, 4.69) is 48.4 Å². The van der Waals surface area contributed by atoms with Gasteiger partial charge in [-0.3, -0.25) is 4.98 Å². The van der Waals surface area contributed by atoms with E-state index in [4.69, 9.17) is 0 Å². The van der Waals surface area contributed by atoms with Gasteiger partial charge in [-0.05, 0) is 52.2 Å². The molecule has 0 saturated heterocycles. The maximum absolute atomic E-state index is 4.51. The first kappa shape index (κ1) is 14.1. The molecule has 17 heavy (non-hydrogen) atoms. The molecule has 1 atom stereocenters. The van der Waals surface area contributed by atoms with Crippen LogP contribution in [-0.2, 0) is 12.8 Å². The Hall–Kier alpha value is -0.930. The fraction of sp³-hybridized carbons (Fsp3) is 0.643. The Morgan fingerprint density at radius 3 is 2.59 bits per heavy atom. The molecule has 0 amide bonds. The second-order valence-corrected chi connectivity index (χ2v) is 4.79. The molecule has 0 aromatic carbocycles. The van der Waals surface area contributed by atoms with Gasteiger partial charge in [-0.1, -0.05) is 13.0 Å². The predicted molar refractivity (Wildman–Crippen MR) is 73.3 cm³/mol. The maximum Gasteiger partial charge on any atom is 0.0419 e. The number of aromatic nitrogens is 1. The average molecular weight is 235 g/mol. The minimum Gasteiger partial charge on any atom is -0.317 e. The molecule has 1 N–H and O–H groups in total. The summed E-state index contributed by atoms with van der Waals surface area (Å²) in [6.07, 6.45) is 5.21. The molecule has 1 unspecified atom stereocenters. The molecular formula is C14H25N3. The van der Waals surface area contributed by atoms with Crippen LogP contribution in [0.1, 0.15) is 24.6 Å². The number of nitrogens with one attached hydrogen (secondary N) is 1. The largest absolute Gasteiger partial charge is 0.317 e. The summed E-state index contributed by atoms with van der Waals surface area (Å²) in [7, 11) is 6.25. The molecule has 0 radical (unpaired) electrons. The first-order valence-corrected chi connectivity index (χ1v) is 6.41. The summed E-state index contributed by atoms with van der Waals surface area (Å²) < 4.78 is 0. The van der Waals surface area contributed by atoms with Crippen LogP contribution in [0.4, 0.5) is 0 Å². The lowest BCUT2D eigenvalue weighted by atomic mass is 10.1. The zero-order chi connectivity index (χ0) is 12.7. The Morgan fingerprint density at radius 1 is 1.35 bits per heavy atom. The van der Waals surface area contributed by atoms with Crippen LogP contribution in [0.5, 0.6) is 0 Å². The van der Waals surface area contributed by atoms with Crippen molar-refractivity contribution < 1.29 is 0 Å². The number of likely N-dealkylation sites (N-methyl/N-ethyl adjacent to an activating group) is 1. The standard InChI is InChI=1S/C14H25N3/c1-5-12-6-7-14(16-11-12)10-13(15-2)8-9-17(3)4/h6-7,11,13,15H,5,8-10H2,1-4H3. The first-order chi connectivity index (χ1) is 8.15. The van der Waals surface area contributed by atoms with Crippen molar-refractivity contribution in [1.29, 1.82) is 0 Å². The van der Waals surface area contributed by atoms with Crippen LogP contribution in [0, 0.1) is 0 Å². The monoisotopic (exact) mass is 235 g/mol. The van der Waals surface area contributed by atoms with Crippen LogP contribution in [0.15, 0.2) is 18.3 Å². The van der Waals surface area contributed by atoms with E-state index in [0.29, 0.717) is 6.04 Å². The second kappa shape index (κ2) is 7.41. The van der Waals surface area contributed by atoms with Gasteiger partial charge in [-0.25, -0.2) is 0 Å². The lowest BCUT2D eigenvalue weighted by Crippen LogP contribution is -2.31. The van der Waals surface area contributed by atoms with E-state index < -0.39 is 0 Å². The Balaban J connectivity index is 2.48. The summed E-state index contributed by atoms with van der Waals surface area (Å²) in [6, 6.07) is 4.84. The van der Waals surface area contributed by atoms with Crippen molar-refractivity contribution >= 4 is 0 Å². The summed E-state index contributed by atoms with van der Waals surface area (Å²) >= 11 is 0. The van der Waals surface area contributed by atoms with Crippen LogP contribution >= 0.6 is 0 Å². The van der Waals surface area contributed by atoms with Gasteiger partial charge < -0.3 is 10.2 Å². The highest BCUT2D eigenvalue weighted by Crippen LogP contribution is 2.06. The van der Waals surface area contributed by atoms with E-state index in [9.17, 15) is 0 Å². The van der Waals surface area contributed by atoms with Crippen molar-refractivity contribution in [2.75, 3.05) is 27.7 Å². The van der Waals surface area contributed by atoms with Crippen LogP contribution < -0.4 is 5.32 Å². The fourth-order valence-corrected chi connectivity index (χ4v) is 1.80. The van der Waals surface area contributed by atoms with Crippen molar-refractivity contribution in [2.24, 2.45) is 0 Å². The zero-order valence-electron chi connectivity index (χ0n) is 11.5. The van der Waals surface area contributed by atoms with Crippen molar-refractivity contribution in [3.8, 4) is 0 Å². The molecule has 0 bridgehead atoms. The molecule has 3 nitrogen and oxygen atoms in total. The number of rotatable bonds is 7. The van der Waals surface area contributed by atoms with Gasteiger partial charge in [-0.15, -0.1) is 0 Å². The van der Waals surface area contributed by atoms with E-state index in [0.717, 1.165) is 25.8 Å². The number of hydrogen-bond acceptors (Lipinski definition) is 3. The molecule has 3 heteroatoms. The summed E-state index contributed by atoms with van der Waals surface area (Å²) in [6.45, 7) is 3.27. The summed E-state index contributed by atoms with van der Waals surface area (Å²) in [5, 5.41) is 3.37. The number of aryl methyl sites for hydroxylation is 1. The van der Waals surface area contributed by atoms with Crippen LogP contribution in [-0.4, -0.2) is 43.6 Å². The molecule has 0 fully saturated rings. The Morgan fingerprint density at radius 2 is 2.12 bits per heavy atom. The molecule has 1 aromatic rings. The van der Waals surface area contributed by atoms with Crippen molar-refractivity contribution in [2.45, 2.75) is 32.2 Å². The highest BCUT2D eigenvalue weighted by Gasteiger charge is 2.08. The van der Waals surface area contributed by atoms with Gasteiger partial charge in [0.05, 0.1) is 0 Å². The highest BCUT2D eigenvalue weighted by molar-refractivity contribution is 5.14. The molecule has 1 aromatic heterocycles. The van der Waals surface area contributed by atoms with E-state index in [-0.39, 0.29) is 0 Å². The normalized spacial score (nSPS) is 13.0. The average Bonchev–Trinajstić information content (AvgIpc) is 2.35. The Kier molecular flexibility index (Phi) is 6.16. The third-order valence-corrected chi connectivity index (χ3v) is 3.08. The number of nitrogens with zero attached hydrogens (tertiary/aromatic N) is 2. The number of pyridine rings is 1. The van der Waals surface area contributed by atoms with Gasteiger partial charge >= 0.3 is 0 Å². The zero-order valence-corrected chi connectivity index (χ0v) is 11.5. The maximum atomic E-state index is 4.51. The van der Waals surface area contributed by atoms with Gasteiger partial charge in [-0.2, -0.15) is 0 Å². The van der Waals surface area contributed by atoms with Gasteiger partial charge in [0.2, 0.25) is 0 Å². The predicted octanol–water partition coefficient (Wildman–Crippen LogP) is 1.73. The van der Waals surface area contributed by atoms with Gasteiger partial charge in [0, 0.05) is 24.4 Å². The third-order valence-electron chi connectivity index (χ3n) is 3.08. The summed E-state index contributed by atoms with van der Waals surface area (Å²) in [4.78, 5) is 6.73. The van der Waals surface area contributed by atoms with Gasteiger partial charge in [0.15, 0.2) is 0 Å². The molecule has 1 rings (SSSR count). The van der Waals surface area contributed by atoms with Gasteiger partial charge in [0.25, 0.3) is 0 Å². The molecule has 0 saturated carbocycles. The lowest BCUT2D eigenvalue weighted by molar-refractivity contribution is 0.363. The van der Waals surface area contributed by atoms with Crippen LogP contribution in [0.25, 0.3) is 0 Å².